The van der Waals surface area contributed by atoms with E-state index in [1.54, 1.807) is 6.26 Å². The Kier molecular flexibility index (Phi) is 4.03. The molecule has 0 aliphatic heterocycles. The molecule has 152 valence electrons. The molecule has 4 aliphatic carbocycles. The van der Waals surface area contributed by atoms with Crippen LogP contribution in [0.4, 0.5) is 0 Å². The van der Waals surface area contributed by atoms with Crippen molar-refractivity contribution in [1.82, 2.24) is 0 Å². The van der Waals surface area contributed by atoms with E-state index in [0.717, 1.165) is 56.9 Å². The Bertz CT molecular complexity index is 851. The standard InChI is InChI=1S/C24H32O4/c1-22-10-7-17(25)13-16(22)4-5-20-19(22)8-11-23(2)18(9-12-24(20,23)27)15-3-6-21(26)28-14-15/h3,6,13-14,17-20,25,27H,4-5,7-12H2,1-2H3/t17?,18-,19?,20?,22+,23?,24+/m1/s1. The van der Waals surface area contributed by atoms with E-state index in [1.165, 1.54) is 11.6 Å². The average Bonchev–Trinajstić information content (AvgIpc) is 2.95. The third-order valence-corrected chi connectivity index (χ3v) is 9.40. The Hall–Kier alpha value is -1.39. The van der Waals surface area contributed by atoms with E-state index in [1.807, 2.05) is 6.07 Å². The minimum Gasteiger partial charge on any atom is -0.431 e. The normalized spacial score (nSPS) is 47.6. The molecule has 28 heavy (non-hydrogen) atoms. The predicted octanol–water partition coefficient (Wildman–Crippen LogP) is 4.16. The molecule has 1 aromatic rings. The Morgan fingerprint density at radius 3 is 2.61 bits per heavy atom. The second-order valence-corrected chi connectivity index (χ2v) is 10.3. The van der Waals surface area contributed by atoms with Crippen molar-refractivity contribution in [1.29, 1.82) is 0 Å². The summed E-state index contributed by atoms with van der Waals surface area (Å²) in [5.41, 5.74) is 1.45. The van der Waals surface area contributed by atoms with Gasteiger partial charge in [0.2, 0.25) is 0 Å². The predicted molar refractivity (Wildman–Crippen MR) is 107 cm³/mol. The summed E-state index contributed by atoms with van der Waals surface area (Å²) in [6.45, 7) is 4.65. The van der Waals surface area contributed by atoms with Crippen LogP contribution in [0.25, 0.3) is 0 Å². The van der Waals surface area contributed by atoms with Crippen LogP contribution >= 0.6 is 0 Å². The third kappa shape index (κ3) is 2.34. The maximum atomic E-state index is 12.1. The van der Waals surface area contributed by atoms with E-state index in [9.17, 15) is 15.0 Å². The molecular weight excluding hydrogens is 352 g/mol. The summed E-state index contributed by atoms with van der Waals surface area (Å²) < 4.78 is 5.16. The first kappa shape index (κ1) is 18.6. The highest BCUT2D eigenvalue weighted by atomic mass is 16.4. The molecule has 0 spiro atoms. The van der Waals surface area contributed by atoms with Gasteiger partial charge in [-0.1, -0.05) is 25.5 Å². The maximum Gasteiger partial charge on any atom is 0.335 e. The van der Waals surface area contributed by atoms with Gasteiger partial charge in [0.1, 0.15) is 0 Å². The average molecular weight is 385 g/mol. The van der Waals surface area contributed by atoms with Crippen molar-refractivity contribution in [3.05, 3.63) is 46.0 Å². The van der Waals surface area contributed by atoms with Crippen LogP contribution < -0.4 is 5.63 Å². The zero-order valence-corrected chi connectivity index (χ0v) is 17.0. The number of aliphatic hydroxyl groups excluding tert-OH is 1. The Morgan fingerprint density at radius 2 is 1.86 bits per heavy atom. The lowest BCUT2D eigenvalue weighted by Crippen LogP contribution is -2.60. The topological polar surface area (TPSA) is 70.7 Å². The molecule has 0 aromatic carbocycles. The van der Waals surface area contributed by atoms with Crippen LogP contribution in [0.3, 0.4) is 0 Å². The Labute approximate surface area is 166 Å². The number of aliphatic hydroxyl groups is 2. The second-order valence-electron chi connectivity index (χ2n) is 10.3. The van der Waals surface area contributed by atoms with Crippen LogP contribution in [0, 0.1) is 22.7 Å². The molecule has 1 aromatic heterocycles. The van der Waals surface area contributed by atoms with Crippen LogP contribution in [0.2, 0.25) is 0 Å². The lowest BCUT2D eigenvalue weighted by Gasteiger charge is -2.61. The molecule has 0 saturated heterocycles. The molecular formula is C24H32O4. The van der Waals surface area contributed by atoms with Gasteiger partial charge in [-0.15, -0.1) is 0 Å². The van der Waals surface area contributed by atoms with Crippen LogP contribution in [0.5, 0.6) is 0 Å². The van der Waals surface area contributed by atoms with E-state index in [2.05, 4.69) is 19.9 Å². The highest BCUT2D eigenvalue weighted by Crippen LogP contribution is 2.70. The molecule has 5 rings (SSSR count). The van der Waals surface area contributed by atoms with Crippen LogP contribution in [0.1, 0.15) is 76.7 Å². The fraction of sp³-hybridized carbons (Fsp3) is 0.708. The largest absolute Gasteiger partial charge is 0.431 e. The van der Waals surface area contributed by atoms with Crippen LogP contribution in [-0.4, -0.2) is 21.9 Å². The van der Waals surface area contributed by atoms with Gasteiger partial charge >= 0.3 is 5.63 Å². The van der Waals surface area contributed by atoms with Gasteiger partial charge in [-0.05, 0) is 86.2 Å². The summed E-state index contributed by atoms with van der Waals surface area (Å²) in [5, 5.41) is 22.3. The minimum atomic E-state index is -0.665. The highest BCUT2D eigenvalue weighted by molar-refractivity contribution is 5.31. The lowest BCUT2D eigenvalue weighted by atomic mass is 9.45. The number of hydrogen-bond donors (Lipinski definition) is 2. The summed E-state index contributed by atoms with van der Waals surface area (Å²) in [6, 6.07) is 3.40. The van der Waals surface area contributed by atoms with Gasteiger partial charge < -0.3 is 14.6 Å². The molecule has 0 radical (unpaired) electrons. The van der Waals surface area contributed by atoms with Gasteiger partial charge in [0.05, 0.1) is 18.0 Å². The van der Waals surface area contributed by atoms with E-state index < -0.39 is 5.60 Å². The molecule has 1 heterocycles. The van der Waals surface area contributed by atoms with Crippen molar-refractivity contribution < 1.29 is 14.6 Å². The summed E-state index contributed by atoms with van der Waals surface area (Å²) in [5.74, 6) is 1.04. The number of rotatable bonds is 1. The summed E-state index contributed by atoms with van der Waals surface area (Å²) in [7, 11) is 0. The van der Waals surface area contributed by atoms with Gasteiger partial charge in [-0.3, -0.25) is 0 Å². The number of allylic oxidation sites excluding steroid dienone is 1. The summed E-state index contributed by atoms with van der Waals surface area (Å²) >= 11 is 0. The molecule has 3 saturated carbocycles. The molecule has 0 bridgehead atoms. The molecule has 4 unspecified atom stereocenters. The fourth-order valence-corrected chi connectivity index (χ4v) is 7.78. The van der Waals surface area contributed by atoms with Crippen LogP contribution in [-0.2, 0) is 0 Å². The minimum absolute atomic E-state index is 0.122. The first-order valence-corrected chi connectivity index (χ1v) is 11.0. The monoisotopic (exact) mass is 384 g/mol. The Morgan fingerprint density at radius 1 is 1.04 bits per heavy atom. The molecule has 3 fully saturated rings. The van der Waals surface area contributed by atoms with Gasteiger partial charge in [-0.25, -0.2) is 4.79 Å². The van der Waals surface area contributed by atoms with E-state index >= 15 is 0 Å². The van der Waals surface area contributed by atoms with Gasteiger partial charge in [-0.2, -0.15) is 0 Å². The quantitative estimate of drug-likeness (QED) is 0.713. The van der Waals surface area contributed by atoms with Crippen molar-refractivity contribution in [2.45, 2.75) is 82.8 Å². The SMILES string of the molecule is CC12CCC3C(CCC4=CC(O)CC[C@@]43C)[C@@]1(O)CC[C@@H]2c1ccc(=O)oc1. The van der Waals surface area contributed by atoms with Crippen LogP contribution in [0.15, 0.2) is 39.3 Å². The van der Waals surface area contributed by atoms with E-state index in [4.69, 9.17) is 4.42 Å². The Balaban J connectivity index is 1.51. The molecule has 0 amide bonds. The summed E-state index contributed by atoms with van der Waals surface area (Å²) in [4.78, 5) is 11.4. The first-order valence-electron chi connectivity index (χ1n) is 11.0. The summed E-state index contributed by atoms with van der Waals surface area (Å²) in [6.07, 6.45) is 11.2. The van der Waals surface area contributed by atoms with Crippen molar-refractivity contribution in [3.8, 4) is 0 Å². The number of hydrogen-bond acceptors (Lipinski definition) is 4. The molecule has 4 nitrogen and oxygen atoms in total. The highest BCUT2D eigenvalue weighted by Gasteiger charge is 2.66. The van der Waals surface area contributed by atoms with Gasteiger partial charge in [0.15, 0.2) is 0 Å². The van der Waals surface area contributed by atoms with Crippen molar-refractivity contribution in [3.63, 3.8) is 0 Å². The molecule has 4 heteroatoms. The number of fused-ring (bicyclic) bond motifs is 5. The van der Waals surface area contributed by atoms with Crippen molar-refractivity contribution in [2.75, 3.05) is 0 Å². The van der Waals surface area contributed by atoms with Crippen molar-refractivity contribution >= 4 is 0 Å². The molecule has 7 atom stereocenters. The third-order valence-electron chi connectivity index (χ3n) is 9.40. The smallest absolute Gasteiger partial charge is 0.335 e. The van der Waals surface area contributed by atoms with Gasteiger partial charge in [0, 0.05) is 11.5 Å². The van der Waals surface area contributed by atoms with E-state index in [0.29, 0.717) is 11.8 Å². The zero-order valence-electron chi connectivity index (χ0n) is 17.0. The molecule has 2 N–H and O–H groups in total. The van der Waals surface area contributed by atoms with E-state index in [-0.39, 0.29) is 28.5 Å². The fourth-order valence-electron chi connectivity index (χ4n) is 7.78. The lowest BCUT2D eigenvalue weighted by molar-refractivity contribution is -0.178. The molecule has 4 aliphatic rings. The van der Waals surface area contributed by atoms with Crippen molar-refractivity contribution in [2.24, 2.45) is 22.7 Å². The second kappa shape index (κ2) is 6.06. The first-order chi connectivity index (χ1) is 13.3. The van der Waals surface area contributed by atoms with Gasteiger partial charge in [0.25, 0.3) is 0 Å². The maximum absolute atomic E-state index is 12.1. The zero-order chi connectivity index (χ0) is 19.7.